The molecule has 1 fully saturated rings. The van der Waals surface area contributed by atoms with E-state index >= 15 is 0 Å². The van der Waals surface area contributed by atoms with E-state index in [4.69, 9.17) is 28.2 Å². The van der Waals surface area contributed by atoms with E-state index in [0.29, 0.717) is 0 Å². The Kier molecular flexibility index (Phi) is 7.02. The Morgan fingerprint density at radius 2 is 1.35 bits per heavy atom. The van der Waals surface area contributed by atoms with Crippen LogP contribution in [-0.4, -0.2) is 41.0 Å². The molecule has 0 aliphatic carbocycles. The second-order valence-electron chi connectivity index (χ2n) is 8.77. The molecule has 6 heteroatoms. The van der Waals surface area contributed by atoms with Gasteiger partial charge >= 0.3 is 0 Å². The van der Waals surface area contributed by atoms with Crippen LogP contribution < -0.4 is 5.32 Å². The van der Waals surface area contributed by atoms with Crippen molar-refractivity contribution in [3.05, 3.63) is 111 Å². The molecule has 0 saturated carbocycles. The molecule has 34 heavy (non-hydrogen) atoms. The Labute approximate surface area is 210 Å². The minimum atomic E-state index is 0.0539. The second-order valence-corrected chi connectivity index (χ2v) is 9.65. The van der Waals surface area contributed by atoms with Gasteiger partial charge < -0.3 is 10.3 Å². The summed E-state index contributed by atoms with van der Waals surface area (Å²) < 4.78 is 0. The summed E-state index contributed by atoms with van der Waals surface area (Å²) in [6.07, 6.45) is 0. The average molecular weight is 491 g/mol. The quantitative estimate of drug-likeness (QED) is 0.325. The summed E-state index contributed by atoms with van der Waals surface area (Å²) in [6, 6.07) is 26.8. The molecular weight excluding hydrogens is 463 g/mol. The monoisotopic (exact) mass is 490 g/mol. The van der Waals surface area contributed by atoms with Gasteiger partial charge in [-0.1, -0.05) is 77.8 Å². The molecule has 2 N–H and O–H groups in total. The lowest BCUT2D eigenvalue weighted by Gasteiger charge is -2.39. The first-order valence-corrected chi connectivity index (χ1v) is 12.4. The van der Waals surface area contributed by atoms with Crippen LogP contribution in [0.3, 0.4) is 0 Å². The van der Waals surface area contributed by atoms with Crippen LogP contribution in [0, 0.1) is 6.92 Å². The molecule has 2 heterocycles. The highest BCUT2D eigenvalue weighted by Gasteiger charge is 2.35. The minimum Gasteiger partial charge on any atom is -0.342 e. The van der Waals surface area contributed by atoms with Gasteiger partial charge in [0.05, 0.1) is 11.7 Å². The second kappa shape index (κ2) is 10.3. The van der Waals surface area contributed by atoms with Crippen LogP contribution in [0.5, 0.6) is 0 Å². The minimum absolute atomic E-state index is 0.0539. The van der Waals surface area contributed by atoms with E-state index in [0.717, 1.165) is 59.0 Å². The van der Waals surface area contributed by atoms with Crippen molar-refractivity contribution in [2.45, 2.75) is 18.9 Å². The van der Waals surface area contributed by atoms with Crippen molar-refractivity contribution in [1.82, 2.24) is 20.2 Å². The lowest BCUT2D eigenvalue weighted by Crippen LogP contribution is -2.47. The van der Waals surface area contributed by atoms with Crippen molar-refractivity contribution >= 4 is 23.2 Å². The van der Waals surface area contributed by atoms with Crippen molar-refractivity contribution in [3.8, 4) is 11.4 Å². The number of benzene rings is 3. The highest BCUT2D eigenvalue weighted by Crippen LogP contribution is 2.42. The number of nitrogens with one attached hydrogen (secondary N) is 2. The van der Waals surface area contributed by atoms with Gasteiger partial charge in [0.1, 0.15) is 5.82 Å². The van der Waals surface area contributed by atoms with Gasteiger partial charge in [-0.15, -0.1) is 0 Å². The number of halogens is 2. The molecule has 174 valence electrons. The fourth-order valence-corrected chi connectivity index (χ4v) is 5.15. The summed E-state index contributed by atoms with van der Waals surface area (Å²) in [7, 11) is 0. The molecule has 5 rings (SSSR count). The SMILES string of the molecule is Cc1[nH]c(-c2ccccc2)nc1C(C(c1ccc(Cl)cc1)c1ccc(Cl)cc1)N1CCNCC1. The van der Waals surface area contributed by atoms with Gasteiger partial charge in [-0.25, -0.2) is 4.98 Å². The maximum absolute atomic E-state index is 6.27. The zero-order valence-electron chi connectivity index (χ0n) is 19.1. The molecule has 3 aromatic carbocycles. The smallest absolute Gasteiger partial charge is 0.137 e. The first-order valence-electron chi connectivity index (χ1n) is 11.7. The number of H-pyrrole nitrogens is 1. The molecule has 4 aromatic rings. The number of aromatic amines is 1. The highest BCUT2D eigenvalue weighted by atomic mass is 35.5. The van der Waals surface area contributed by atoms with Gasteiger partial charge in [0.15, 0.2) is 0 Å². The predicted molar refractivity (Wildman–Crippen MR) is 141 cm³/mol. The number of piperazine rings is 1. The summed E-state index contributed by atoms with van der Waals surface area (Å²) in [6.45, 7) is 5.95. The molecule has 1 saturated heterocycles. The Bertz CT molecular complexity index is 1170. The summed E-state index contributed by atoms with van der Waals surface area (Å²) in [5.74, 6) is 0.970. The van der Waals surface area contributed by atoms with Crippen molar-refractivity contribution < 1.29 is 0 Å². The number of hydrogen-bond donors (Lipinski definition) is 2. The molecule has 1 aliphatic rings. The van der Waals surface area contributed by atoms with Crippen LogP contribution in [0.15, 0.2) is 78.9 Å². The molecule has 1 aromatic heterocycles. The van der Waals surface area contributed by atoms with Crippen LogP contribution in [0.25, 0.3) is 11.4 Å². The maximum Gasteiger partial charge on any atom is 0.137 e. The zero-order chi connectivity index (χ0) is 23.5. The Morgan fingerprint density at radius 3 is 1.91 bits per heavy atom. The lowest BCUT2D eigenvalue weighted by atomic mass is 9.82. The first-order chi connectivity index (χ1) is 16.6. The topological polar surface area (TPSA) is 44.0 Å². The van der Waals surface area contributed by atoms with Crippen LogP contribution >= 0.6 is 23.2 Å². The van der Waals surface area contributed by atoms with Crippen molar-refractivity contribution in [1.29, 1.82) is 0 Å². The molecule has 0 amide bonds. The van der Waals surface area contributed by atoms with Crippen LogP contribution in [0.4, 0.5) is 0 Å². The third-order valence-electron chi connectivity index (χ3n) is 6.57. The van der Waals surface area contributed by atoms with E-state index in [2.05, 4.69) is 58.5 Å². The number of aryl methyl sites for hydroxylation is 1. The zero-order valence-corrected chi connectivity index (χ0v) is 20.7. The molecule has 1 unspecified atom stereocenters. The first kappa shape index (κ1) is 23.1. The number of nitrogens with zero attached hydrogens (tertiary/aromatic N) is 2. The Balaban J connectivity index is 1.67. The molecule has 4 nitrogen and oxygen atoms in total. The molecule has 0 bridgehead atoms. The number of hydrogen-bond acceptors (Lipinski definition) is 3. The van der Waals surface area contributed by atoms with Crippen molar-refractivity contribution in [2.75, 3.05) is 26.2 Å². The van der Waals surface area contributed by atoms with Gasteiger partial charge in [0.2, 0.25) is 0 Å². The van der Waals surface area contributed by atoms with E-state index < -0.39 is 0 Å². The molecule has 1 atom stereocenters. The molecule has 1 aliphatic heterocycles. The van der Waals surface area contributed by atoms with Crippen molar-refractivity contribution in [3.63, 3.8) is 0 Å². The van der Waals surface area contributed by atoms with Crippen LogP contribution in [0.2, 0.25) is 10.0 Å². The maximum atomic E-state index is 6.27. The van der Waals surface area contributed by atoms with E-state index in [-0.39, 0.29) is 12.0 Å². The van der Waals surface area contributed by atoms with Crippen molar-refractivity contribution in [2.24, 2.45) is 0 Å². The number of imidazole rings is 1. The van der Waals surface area contributed by atoms with Crippen LogP contribution in [0.1, 0.15) is 34.5 Å². The summed E-state index contributed by atoms with van der Waals surface area (Å²) >= 11 is 12.5. The largest absolute Gasteiger partial charge is 0.342 e. The number of rotatable bonds is 6. The summed E-state index contributed by atoms with van der Waals surface area (Å²) in [4.78, 5) is 11.3. The Morgan fingerprint density at radius 1 is 0.794 bits per heavy atom. The third kappa shape index (κ3) is 4.91. The third-order valence-corrected chi connectivity index (χ3v) is 7.07. The van der Waals surface area contributed by atoms with Gasteiger partial charge in [-0.3, -0.25) is 4.90 Å². The fraction of sp³-hybridized carbons (Fsp3) is 0.250. The average Bonchev–Trinajstić information content (AvgIpc) is 3.26. The van der Waals surface area contributed by atoms with E-state index in [1.807, 2.05) is 42.5 Å². The number of aromatic nitrogens is 2. The van der Waals surface area contributed by atoms with Gasteiger partial charge in [0, 0.05) is 53.4 Å². The van der Waals surface area contributed by atoms with E-state index in [9.17, 15) is 0 Å². The summed E-state index contributed by atoms with van der Waals surface area (Å²) in [5.41, 5.74) is 5.68. The predicted octanol–water partition coefficient (Wildman–Crippen LogP) is 6.47. The van der Waals surface area contributed by atoms with E-state index in [1.54, 1.807) is 0 Å². The lowest BCUT2D eigenvalue weighted by molar-refractivity contribution is 0.156. The van der Waals surface area contributed by atoms with Gasteiger partial charge in [-0.05, 0) is 42.3 Å². The highest BCUT2D eigenvalue weighted by molar-refractivity contribution is 6.30. The normalized spacial score (nSPS) is 15.5. The summed E-state index contributed by atoms with van der Waals surface area (Å²) in [5, 5.41) is 4.97. The molecule has 0 radical (unpaired) electrons. The van der Waals surface area contributed by atoms with Crippen LogP contribution in [-0.2, 0) is 0 Å². The fourth-order valence-electron chi connectivity index (χ4n) is 4.89. The molecule has 0 spiro atoms. The van der Waals surface area contributed by atoms with Gasteiger partial charge in [0.25, 0.3) is 0 Å². The molecular formula is C28H28Cl2N4. The van der Waals surface area contributed by atoms with Gasteiger partial charge in [-0.2, -0.15) is 0 Å². The standard InChI is InChI=1S/C28H28Cl2N4/c1-19-26(33-28(32-19)22-5-3-2-4-6-22)27(34-17-15-31-16-18-34)25(20-7-11-23(29)12-8-20)21-9-13-24(30)14-10-21/h2-14,25,27,31H,15-18H2,1H3,(H,32,33). The Hall–Kier alpha value is -2.63. The van der Waals surface area contributed by atoms with E-state index in [1.165, 1.54) is 11.1 Å².